The van der Waals surface area contributed by atoms with Gasteiger partial charge in [-0.15, -0.1) is 0 Å². The second kappa shape index (κ2) is 7.97. The van der Waals surface area contributed by atoms with Crippen LogP contribution in [-0.2, 0) is 15.0 Å². The molecule has 0 radical (unpaired) electrons. The molecular weight excluding hydrogens is 472 g/mol. The van der Waals surface area contributed by atoms with E-state index in [0.29, 0.717) is 5.02 Å². The zero-order valence-electron chi connectivity index (χ0n) is 12.1. The van der Waals surface area contributed by atoms with E-state index >= 15 is 0 Å². The van der Waals surface area contributed by atoms with Crippen LogP contribution < -0.4 is 3.12 Å². The molecule has 0 fully saturated rings. The molecule has 0 unspecified atom stereocenters. The summed E-state index contributed by atoms with van der Waals surface area (Å²) in [7, 11) is 0. The van der Waals surface area contributed by atoms with Gasteiger partial charge in [0.05, 0.1) is 0 Å². The Hall–Kier alpha value is -0.628. The van der Waals surface area contributed by atoms with E-state index in [2.05, 4.69) is 0 Å². The van der Waals surface area contributed by atoms with Crippen molar-refractivity contribution in [1.29, 1.82) is 0 Å². The van der Waals surface area contributed by atoms with Gasteiger partial charge in [-0.05, 0) is 0 Å². The Kier molecular flexibility index (Phi) is 6.95. The quantitative estimate of drug-likeness (QED) is 0.596. The van der Waals surface area contributed by atoms with Crippen molar-refractivity contribution >= 4 is 50.3 Å². The first-order valence-corrected chi connectivity index (χ1v) is 12.8. The summed E-state index contributed by atoms with van der Waals surface area (Å²) in [5.41, 5.74) is 0. The van der Waals surface area contributed by atoms with Gasteiger partial charge in [0.25, 0.3) is 0 Å². The summed E-state index contributed by atoms with van der Waals surface area (Å²) in [6.07, 6.45) is 0. The molecule has 0 saturated carbocycles. The number of halogens is 1. The molecule has 108 valence electrons. The van der Waals surface area contributed by atoms with Crippen molar-refractivity contribution in [2.75, 3.05) is 0 Å². The van der Waals surface area contributed by atoms with Gasteiger partial charge in [-0.2, -0.15) is 0 Å². The number of carbonyl (C=O) groups excluding carboxylic acids is 2. The second-order valence-corrected chi connectivity index (χ2v) is 12.5. The number of benzene rings is 1. The summed E-state index contributed by atoms with van der Waals surface area (Å²) in [6.45, 7) is 7.00. The molecular formula is C14H18ClO4Tl. The van der Waals surface area contributed by atoms with Crippen LogP contribution in [0.4, 0.5) is 0 Å². The summed E-state index contributed by atoms with van der Waals surface area (Å²) in [4.78, 5) is 23.5. The summed E-state index contributed by atoms with van der Waals surface area (Å²) in [5.74, 6) is -1.16. The van der Waals surface area contributed by atoms with E-state index in [1.54, 1.807) is 52.0 Å². The molecule has 0 spiro atoms. The van der Waals surface area contributed by atoms with Gasteiger partial charge in [-0.25, -0.2) is 0 Å². The van der Waals surface area contributed by atoms with Gasteiger partial charge < -0.3 is 0 Å². The Bertz CT molecular complexity index is 449. The molecule has 0 amide bonds. The summed E-state index contributed by atoms with van der Waals surface area (Å²) >= 11 is 2.31. The molecule has 1 aromatic carbocycles. The first kappa shape index (κ1) is 17.4. The van der Waals surface area contributed by atoms with Crippen LogP contribution in [0.3, 0.4) is 0 Å². The van der Waals surface area contributed by atoms with Crippen molar-refractivity contribution in [3.05, 3.63) is 29.3 Å². The minimum atomic E-state index is -3.53. The monoisotopic (exact) mass is 490 g/mol. The van der Waals surface area contributed by atoms with Crippen LogP contribution in [0.25, 0.3) is 0 Å². The summed E-state index contributed by atoms with van der Waals surface area (Å²) < 4.78 is 11.7. The minimum absolute atomic E-state index is 0.248. The van der Waals surface area contributed by atoms with Crippen molar-refractivity contribution in [1.82, 2.24) is 0 Å². The van der Waals surface area contributed by atoms with E-state index in [-0.39, 0.29) is 23.8 Å². The Balaban J connectivity index is 2.91. The van der Waals surface area contributed by atoms with Crippen LogP contribution in [0.1, 0.15) is 27.7 Å². The molecule has 0 bridgehead atoms. The summed E-state index contributed by atoms with van der Waals surface area (Å²) in [5, 5.41) is 0.589. The average Bonchev–Trinajstić information content (AvgIpc) is 2.38. The molecule has 0 aliphatic rings. The van der Waals surface area contributed by atoms with Crippen LogP contribution >= 0.6 is 11.6 Å². The van der Waals surface area contributed by atoms with Gasteiger partial charge in [0.2, 0.25) is 0 Å². The number of hydrogen-bond donors (Lipinski definition) is 0. The van der Waals surface area contributed by atoms with Gasteiger partial charge in [0, 0.05) is 0 Å². The average molecular weight is 490 g/mol. The number of rotatable bonds is 5. The van der Waals surface area contributed by atoms with E-state index in [4.69, 9.17) is 17.0 Å². The molecule has 4 nitrogen and oxygen atoms in total. The zero-order chi connectivity index (χ0) is 15.3. The molecule has 0 aliphatic carbocycles. The molecule has 1 aromatic rings. The fourth-order valence-corrected chi connectivity index (χ4v) is 8.36. The maximum atomic E-state index is 11.8. The van der Waals surface area contributed by atoms with E-state index in [9.17, 15) is 9.59 Å². The van der Waals surface area contributed by atoms with Gasteiger partial charge in [0.1, 0.15) is 0 Å². The number of carbonyl (C=O) groups is 2. The molecule has 0 aliphatic heterocycles. The zero-order valence-corrected chi connectivity index (χ0v) is 17.3. The Morgan fingerprint density at radius 3 is 1.70 bits per heavy atom. The third kappa shape index (κ3) is 5.40. The third-order valence-corrected chi connectivity index (χ3v) is 9.87. The fourth-order valence-electron chi connectivity index (χ4n) is 1.26. The fraction of sp³-hybridized carbons (Fsp3) is 0.429. The molecule has 0 saturated heterocycles. The standard InChI is InChI=1S/C6H4Cl.2C4H8O2.Tl/c7-6-4-2-1-3-5-6;2*1-3(2)4(5)6;/h2-5H;2*3H,1-2H3,(H,5,6);/q;;;+2/p-2. The SMILES string of the molecule is CC(C)C(=O)[O][Tl]([O]C(=O)C(C)C)[c]1ccc(Cl)cc1. The van der Waals surface area contributed by atoms with E-state index < -0.39 is 23.6 Å². The first-order valence-electron chi connectivity index (χ1n) is 6.47. The van der Waals surface area contributed by atoms with Crippen LogP contribution in [0.15, 0.2) is 24.3 Å². The summed E-state index contributed by atoms with van der Waals surface area (Å²) in [6, 6.07) is 6.93. The maximum absolute atomic E-state index is 11.8. The van der Waals surface area contributed by atoms with Gasteiger partial charge >= 0.3 is 134 Å². The molecule has 0 aromatic heterocycles. The molecule has 6 heteroatoms. The first-order chi connectivity index (χ1) is 9.31. The topological polar surface area (TPSA) is 52.6 Å². The van der Waals surface area contributed by atoms with E-state index in [1.165, 1.54) is 0 Å². The van der Waals surface area contributed by atoms with Crippen LogP contribution in [0, 0.1) is 11.8 Å². The van der Waals surface area contributed by atoms with Gasteiger partial charge in [0.15, 0.2) is 0 Å². The molecule has 0 heterocycles. The molecule has 0 N–H and O–H groups in total. The molecule has 20 heavy (non-hydrogen) atoms. The van der Waals surface area contributed by atoms with Crippen molar-refractivity contribution in [2.45, 2.75) is 27.7 Å². The molecule has 0 atom stereocenters. The Morgan fingerprint density at radius 1 is 0.950 bits per heavy atom. The Labute approximate surface area is 133 Å². The van der Waals surface area contributed by atoms with Gasteiger partial charge in [-0.1, -0.05) is 0 Å². The predicted molar refractivity (Wildman–Crippen MR) is 78.7 cm³/mol. The Morgan fingerprint density at radius 2 is 1.35 bits per heavy atom. The predicted octanol–water partition coefficient (Wildman–Crippen LogP) is 2.43. The van der Waals surface area contributed by atoms with Crippen LogP contribution in [0.2, 0.25) is 5.02 Å². The van der Waals surface area contributed by atoms with Crippen molar-refractivity contribution < 1.29 is 15.0 Å². The second-order valence-electron chi connectivity index (χ2n) is 5.07. The molecule has 1 rings (SSSR count). The van der Waals surface area contributed by atoms with Crippen LogP contribution in [-0.4, -0.2) is 35.5 Å². The normalized spacial score (nSPS) is 10.6. The van der Waals surface area contributed by atoms with Gasteiger partial charge in [-0.3, -0.25) is 0 Å². The van der Waals surface area contributed by atoms with E-state index in [1.807, 2.05) is 0 Å². The number of hydrogen-bond acceptors (Lipinski definition) is 4. The van der Waals surface area contributed by atoms with E-state index in [0.717, 1.165) is 3.12 Å². The van der Waals surface area contributed by atoms with Crippen molar-refractivity contribution in [3.63, 3.8) is 0 Å². The van der Waals surface area contributed by atoms with Crippen LogP contribution in [0.5, 0.6) is 0 Å². The van der Waals surface area contributed by atoms with Crippen molar-refractivity contribution in [3.8, 4) is 0 Å². The third-order valence-electron chi connectivity index (χ3n) is 2.53. The van der Waals surface area contributed by atoms with Crippen molar-refractivity contribution in [2.24, 2.45) is 11.8 Å².